The average Bonchev–Trinajstić information content (AvgIpc) is 2.76. The number of hydrogen-bond donors (Lipinski definition) is 1. The Kier molecular flexibility index (Phi) is 4.60. The molecule has 0 aromatic carbocycles. The Hall–Kier alpha value is -1.53. The lowest BCUT2D eigenvalue weighted by atomic mass is 10.2. The molecule has 6 heteroatoms. The second-order valence-electron chi connectivity index (χ2n) is 3.50. The topological polar surface area (TPSA) is 54.4 Å². The van der Waals surface area contributed by atoms with Crippen LogP contribution in [-0.2, 0) is 11.2 Å². The number of carbonyl (C=O) groups is 1. The van der Waals surface area contributed by atoms with Crippen molar-refractivity contribution in [1.29, 1.82) is 0 Å². The molecule has 2 aromatic rings. The SMILES string of the molecule is O=C(Cc1cccnc1)N/N=C\c1cc(Br)cs1. The second-order valence-corrected chi connectivity index (χ2v) is 5.36. The Morgan fingerprint density at radius 3 is 3.17 bits per heavy atom. The molecule has 1 amide bonds. The number of thiophene rings is 1. The molecule has 2 rings (SSSR count). The molecule has 0 aliphatic carbocycles. The molecule has 0 aliphatic heterocycles. The number of nitrogens with one attached hydrogen (secondary N) is 1. The van der Waals surface area contributed by atoms with E-state index >= 15 is 0 Å². The van der Waals surface area contributed by atoms with Gasteiger partial charge < -0.3 is 0 Å². The van der Waals surface area contributed by atoms with Crippen LogP contribution in [0.5, 0.6) is 0 Å². The van der Waals surface area contributed by atoms with Gasteiger partial charge in [-0.05, 0) is 33.6 Å². The molecule has 0 bridgehead atoms. The first kappa shape index (κ1) is 12.9. The highest BCUT2D eigenvalue weighted by Crippen LogP contribution is 2.17. The van der Waals surface area contributed by atoms with Gasteiger partial charge in [0.25, 0.3) is 0 Å². The minimum atomic E-state index is -0.158. The van der Waals surface area contributed by atoms with Gasteiger partial charge in [-0.15, -0.1) is 11.3 Å². The van der Waals surface area contributed by atoms with Gasteiger partial charge in [-0.2, -0.15) is 5.10 Å². The van der Waals surface area contributed by atoms with Gasteiger partial charge in [-0.1, -0.05) is 6.07 Å². The van der Waals surface area contributed by atoms with E-state index in [4.69, 9.17) is 0 Å². The summed E-state index contributed by atoms with van der Waals surface area (Å²) in [4.78, 5) is 16.5. The van der Waals surface area contributed by atoms with E-state index in [1.807, 2.05) is 17.5 Å². The normalized spacial score (nSPS) is 10.7. The quantitative estimate of drug-likeness (QED) is 0.694. The third-order valence-electron chi connectivity index (χ3n) is 2.06. The zero-order valence-electron chi connectivity index (χ0n) is 9.34. The van der Waals surface area contributed by atoms with E-state index in [1.165, 1.54) is 0 Å². The van der Waals surface area contributed by atoms with Crippen molar-refractivity contribution in [2.75, 3.05) is 0 Å². The molecule has 0 fully saturated rings. The number of rotatable bonds is 4. The van der Waals surface area contributed by atoms with E-state index in [0.717, 1.165) is 14.9 Å². The number of hydrazone groups is 1. The van der Waals surface area contributed by atoms with Gasteiger partial charge in [0.15, 0.2) is 0 Å². The summed E-state index contributed by atoms with van der Waals surface area (Å²) in [7, 11) is 0. The Balaban J connectivity index is 1.83. The minimum absolute atomic E-state index is 0.158. The summed E-state index contributed by atoms with van der Waals surface area (Å²) in [5.41, 5.74) is 3.35. The molecule has 0 aliphatic rings. The van der Waals surface area contributed by atoms with Crippen LogP contribution in [0.15, 0.2) is 45.5 Å². The number of nitrogens with zero attached hydrogens (tertiary/aromatic N) is 2. The smallest absolute Gasteiger partial charge is 0.244 e. The molecular weight excluding hydrogens is 314 g/mol. The summed E-state index contributed by atoms with van der Waals surface area (Å²) in [5.74, 6) is -0.158. The van der Waals surface area contributed by atoms with Crippen molar-refractivity contribution < 1.29 is 4.79 Å². The molecule has 0 radical (unpaired) electrons. The number of pyridine rings is 1. The lowest BCUT2D eigenvalue weighted by Crippen LogP contribution is -2.19. The number of carbonyl (C=O) groups excluding carboxylic acids is 1. The van der Waals surface area contributed by atoms with Gasteiger partial charge in [0, 0.05) is 27.1 Å². The van der Waals surface area contributed by atoms with Crippen molar-refractivity contribution in [2.24, 2.45) is 5.10 Å². The summed E-state index contributed by atoms with van der Waals surface area (Å²) in [6.45, 7) is 0. The van der Waals surface area contributed by atoms with E-state index in [1.54, 1.807) is 36.0 Å². The van der Waals surface area contributed by atoms with Crippen molar-refractivity contribution in [3.05, 3.63) is 50.9 Å². The summed E-state index contributed by atoms with van der Waals surface area (Å²) in [5, 5.41) is 5.85. The highest BCUT2D eigenvalue weighted by atomic mass is 79.9. The molecule has 0 saturated heterocycles. The fourth-order valence-electron chi connectivity index (χ4n) is 1.29. The third kappa shape index (κ3) is 4.05. The number of aromatic nitrogens is 1. The number of hydrogen-bond acceptors (Lipinski definition) is 4. The highest BCUT2D eigenvalue weighted by molar-refractivity contribution is 9.10. The number of amides is 1. The maximum absolute atomic E-state index is 11.5. The van der Waals surface area contributed by atoms with Crippen LogP contribution >= 0.6 is 27.3 Å². The van der Waals surface area contributed by atoms with Crippen LogP contribution < -0.4 is 5.43 Å². The zero-order valence-corrected chi connectivity index (χ0v) is 11.7. The first-order chi connectivity index (χ1) is 8.74. The monoisotopic (exact) mass is 323 g/mol. The predicted octanol–water partition coefficient (Wildman–Crippen LogP) is 2.60. The molecule has 0 atom stereocenters. The van der Waals surface area contributed by atoms with Crippen LogP contribution in [0.2, 0.25) is 0 Å². The molecule has 2 heterocycles. The van der Waals surface area contributed by atoms with Crippen LogP contribution in [0.3, 0.4) is 0 Å². The molecule has 1 N–H and O–H groups in total. The molecule has 0 saturated carbocycles. The van der Waals surface area contributed by atoms with Gasteiger partial charge in [-0.25, -0.2) is 5.43 Å². The van der Waals surface area contributed by atoms with Gasteiger partial charge in [0.05, 0.1) is 12.6 Å². The van der Waals surface area contributed by atoms with Gasteiger partial charge >= 0.3 is 0 Å². The van der Waals surface area contributed by atoms with Crippen LogP contribution in [-0.4, -0.2) is 17.1 Å². The largest absolute Gasteiger partial charge is 0.273 e. The first-order valence-electron chi connectivity index (χ1n) is 5.19. The van der Waals surface area contributed by atoms with Crippen LogP contribution in [0.4, 0.5) is 0 Å². The van der Waals surface area contributed by atoms with Gasteiger partial charge in [0.2, 0.25) is 5.91 Å². The van der Waals surface area contributed by atoms with Crippen molar-refractivity contribution >= 4 is 39.4 Å². The van der Waals surface area contributed by atoms with Crippen molar-refractivity contribution in [2.45, 2.75) is 6.42 Å². The maximum atomic E-state index is 11.5. The van der Waals surface area contributed by atoms with Crippen molar-refractivity contribution in [1.82, 2.24) is 10.4 Å². The summed E-state index contributed by atoms with van der Waals surface area (Å²) in [6, 6.07) is 5.59. The molecule has 0 spiro atoms. The Bertz CT molecular complexity index is 553. The van der Waals surface area contributed by atoms with E-state index in [9.17, 15) is 4.79 Å². The van der Waals surface area contributed by atoms with E-state index in [-0.39, 0.29) is 12.3 Å². The predicted molar refractivity (Wildman–Crippen MR) is 75.7 cm³/mol. The molecule has 4 nitrogen and oxygen atoms in total. The van der Waals surface area contributed by atoms with Crippen LogP contribution in [0.25, 0.3) is 0 Å². The van der Waals surface area contributed by atoms with Gasteiger partial charge in [0.1, 0.15) is 0 Å². The Morgan fingerprint density at radius 2 is 2.50 bits per heavy atom. The summed E-state index contributed by atoms with van der Waals surface area (Å²) in [6.07, 6.45) is 5.24. The molecular formula is C12H10BrN3OS. The number of halogens is 1. The second kappa shape index (κ2) is 6.42. The Morgan fingerprint density at radius 1 is 1.61 bits per heavy atom. The lowest BCUT2D eigenvalue weighted by molar-refractivity contribution is -0.120. The fourth-order valence-corrected chi connectivity index (χ4v) is 2.60. The fraction of sp³-hybridized carbons (Fsp3) is 0.0833. The zero-order chi connectivity index (χ0) is 12.8. The molecule has 2 aromatic heterocycles. The third-order valence-corrected chi connectivity index (χ3v) is 3.68. The maximum Gasteiger partial charge on any atom is 0.244 e. The highest BCUT2D eigenvalue weighted by Gasteiger charge is 2.01. The van der Waals surface area contributed by atoms with Crippen LogP contribution in [0, 0.1) is 0 Å². The van der Waals surface area contributed by atoms with Gasteiger partial charge in [-0.3, -0.25) is 9.78 Å². The Labute approximate surface area is 117 Å². The standard InChI is InChI=1S/C12H10BrN3OS/c13-10-5-11(18-8-10)7-15-16-12(17)4-9-2-1-3-14-6-9/h1-3,5-8H,4H2,(H,16,17)/b15-7-. The average molecular weight is 324 g/mol. The van der Waals surface area contributed by atoms with Crippen LogP contribution in [0.1, 0.15) is 10.4 Å². The summed E-state index contributed by atoms with van der Waals surface area (Å²) < 4.78 is 1.01. The lowest BCUT2D eigenvalue weighted by Gasteiger charge is -1.98. The first-order valence-corrected chi connectivity index (χ1v) is 6.86. The minimum Gasteiger partial charge on any atom is -0.273 e. The summed E-state index contributed by atoms with van der Waals surface area (Å²) >= 11 is 4.90. The molecule has 18 heavy (non-hydrogen) atoms. The van der Waals surface area contributed by atoms with E-state index in [0.29, 0.717) is 0 Å². The van der Waals surface area contributed by atoms with E-state index < -0.39 is 0 Å². The molecule has 0 unspecified atom stereocenters. The van der Waals surface area contributed by atoms with Crippen molar-refractivity contribution in [3.8, 4) is 0 Å². The molecule has 92 valence electrons. The van der Waals surface area contributed by atoms with Crippen molar-refractivity contribution in [3.63, 3.8) is 0 Å². The van der Waals surface area contributed by atoms with E-state index in [2.05, 4.69) is 31.4 Å².